The fourth-order valence-electron chi connectivity index (χ4n) is 0.959. The average molecular weight is 247 g/mol. The van der Waals surface area contributed by atoms with Gasteiger partial charge in [-0.25, -0.2) is 4.79 Å². The third-order valence-electron chi connectivity index (χ3n) is 1.58. The number of nitrogens with zero attached hydrogens (tertiary/aromatic N) is 2. The molecule has 4 nitrogen and oxygen atoms in total. The quantitative estimate of drug-likeness (QED) is 0.766. The number of hydrogen-bond donors (Lipinski definition) is 1. The van der Waals surface area contributed by atoms with Gasteiger partial charge in [0.25, 0.3) is 0 Å². The van der Waals surface area contributed by atoms with E-state index < -0.39 is 6.09 Å². The van der Waals surface area contributed by atoms with Gasteiger partial charge >= 0.3 is 6.09 Å². The van der Waals surface area contributed by atoms with Crippen LogP contribution in [0.1, 0.15) is 26.5 Å². The lowest BCUT2D eigenvalue weighted by molar-refractivity contribution is 0.192. The number of carboxylic acid groups (broad SMARTS) is 1. The van der Waals surface area contributed by atoms with Gasteiger partial charge in [-0.05, 0) is 15.9 Å². The van der Waals surface area contributed by atoms with E-state index in [1.807, 2.05) is 20.8 Å². The largest absolute Gasteiger partial charge is 0.463 e. The first kappa shape index (κ1) is 10.2. The number of carbonyl (C=O) groups is 1. The monoisotopic (exact) mass is 246 g/mol. The molecule has 1 aromatic rings. The predicted molar refractivity (Wildman–Crippen MR) is 52.0 cm³/mol. The molecule has 0 saturated carbocycles. The molecule has 0 radical (unpaired) electrons. The molecule has 0 atom stereocenters. The second kappa shape index (κ2) is 3.14. The van der Waals surface area contributed by atoms with Crippen LogP contribution < -0.4 is 0 Å². The van der Waals surface area contributed by atoms with Gasteiger partial charge in [0.15, 0.2) is 0 Å². The van der Waals surface area contributed by atoms with E-state index in [2.05, 4.69) is 21.0 Å². The Labute approximate surface area is 84.7 Å². The maximum atomic E-state index is 10.6. The second-order valence-corrected chi connectivity index (χ2v) is 4.66. The van der Waals surface area contributed by atoms with Gasteiger partial charge in [0.05, 0.1) is 16.4 Å². The molecule has 0 bridgehead atoms. The lowest BCUT2D eigenvalue weighted by Gasteiger charge is -2.15. The molecule has 0 aromatic carbocycles. The van der Waals surface area contributed by atoms with Gasteiger partial charge in [-0.15, -0.1) is 0 Å². The molecule has 0 aliphatic carbocycles. The number of rotatable bonds is 0. The van der Waals surface area contributed by atoms with Crippen molar-refractivity contribution in [3.8, 4) is 0 Å². The number of hydrogen-bond acceptors (Lipinski definition) is 2. The van der Waals surface area contributed by atoms with Crippen LogP contribution >= 0.6 is 15.9 Å². The van der Waals surface area contributed by atoms with Gasteiger partial charge < -0.3 is 5.11 Å². The van der Waals surface area contributed by atoms with Crippen LogP contribution in [0.4, 0.5) is 4.79 Å². The van der Waals surface area contributed by atoms with Crippen molar-refractivity contribution in [1.82, 2.24) is 9.78 Å². The molecule has 0 fully saturated rings. The standard InChI is InChI=1S/C8H11BrN2O2/c1-8(2,3)6-5(9)4-11(10-6)7(12)13/h4H,1-3H3,(H,12,13). The van der Waals surface area contributed by atoms with E-state index in [-0.39, 0.29) is 5.41 Å². The summed E-state index contributed by atoms with van der Waals surface area (Å²) in [6, 6.07) is 0. The Morgan fingerprint density at radius 3 is 2.38 bits per heavy atom. The summed E-state index contributed by atoms with van der Waals surface area (Å²) in [5, 5.41) is 12.6. The van der Waals surface area contributed by atoms with Crippen molar-refractivity contribution in [3.63, 3.8) is 0 Å². The zero-order valence-corrected chi connectivity index (χ0v) is 9.29. The molecule has 1 rings (SSSR count). The molecule has 1 N–H and O–H groups in total. The third-order valence-corrected chi connectivity index (χ3v) is 2.16. The summed E-state index contributed by atoms with van der Waals surface area (Å²) >= 11 is 3.27. The molecule has 0 unspecified atom stereocenters. The molecule has 0 spiro atoms. The summed E-state index contributed by atoms with van der Waals surface area (Å²) in [6.45, 7) is 5.94. The molecule has 1 aromatic heterocycles. The molecule has 0 aliphatic heterocycles. The first-order valence-electron chi connectivity index (χ1n) is 3.81. The molecule has 13 heavy (non-hydrogen) atoms. The zero-order valence-electron chi connectivity index (χ0n) is 7.71. The Morgan fingerprint density at radius 2 is 2.15 bits per heavy atom. The van der Waals surface area contributed by atoms with Crippen LogP contribution in [-0.4, -0.2) is 21.0 Å². The second-order valence-electron chi connectivity index (χ2n) is 3.80. The highest BCUT2D eigenvalue weighted by Crippen LogP contribution is 2.27. The Hall–Kier alpha value is -0.840. The highest BCUT2D eigenvalue weighted by atomic mass is 79.9. The molecular weight excluding hydrogens is 236 g/mol. The van der Waals surface area contributed by atoms with Gasteiger partial charge in [0.2, 0.25) is 0 Å². The van der Waals surface area contributed by atoms with Gasteiger partial charge in [-0.2, -0.15) is 9.78 Å². The minimum Gasteiger partial charge on any atom is -0.463 e. The predicted octanol–water partition coefficient (Wildman–Crippen LogP) is 2.47. The van der Waals surface area contributed by atoms with Crippen LogP contribution in [-0.2, 0) is 5.41 Å². The Morgan fingerprint density at radius 1 is 1.62 bits per heavy atom. The summed E-state index contributed by atoms with van der Waals surface area (Å²) in [5.41, 5.74) is 0.592. The van der Waals surface area contributed by atoms with Crippen molar-refractivity contribution in [3.05, 3.63) is 16.4 Å². The SMILES string of the molecule is CC(C)(C)c1nn(C(=O)O)cc1Br. The van der Waals surface area contributed by atoms with E-state index in [0.29, 0.717) is 0 Å². The van der Waals surface area contributed by atoms with Crippen LogP contribution in [0.5, 0.6) is 0 Å². The molecule has 0 amide bonds. The normalized spacial score (nSPS) is 11.7. The van der Waals surface area contributed by atoms with E-state index in [1.54, 1.807) is 0 Å². The lowest BCUT2D eigenvalue weighted by atomic mass is 9.93. The Bertz CT molecular complexity index is 338. The summed E-state index contributed by atoms with van der Waals surface area (Å²) in [7, 11) is 0. The van der Waals surface area contributed by atoms with Gasteiger partial charge in [-0.3, -0.25) is 0 Å². The van der Waals surface area contributed by atoms with Crippen molar-refractivity contribution in [2.24, 2.45) is 0 Å². The first-order chi connectivity index (χ1) is 5.82. The minimum absolute atomic E-state index is 0.153. The van der Waals surface area contributed by atoms with Crippen LogP contribution in [0.2, 0.25) is 0 Å². The van der Waals surface area contributed by atoms with Crippen molar-refractivity contribution < 1.29 is 9.90 Å². The zero-order chi connectivity index (χ0) is 10.2. The van der Waals surface area contributed by atoms with E-state index in [9.17, 15) is 4.79 Å². The van der Waals surface area contributed by atoms with Crippen molar-refractivity contribution >= 4 is 22.0 Å². The average Bonchev–Trinajstić information content (AvgIpc) is 2.29. The Kier molecular flexibility index (Phi) is 2.47. The van der Waals surface area contributed by atoms with Crippen molar-refractivity contribution in [1.29, 1.82) is 0 Å². The molecule has 5 heteroatoms. The topological polar surface area (TPSA) is 55.1 Å². The molecule has 1 heterocycles. The maximum absolute atomic E-state index is 10.6. The summed E-state index contributed by atoms with van der Waals surface area (Å²) in [6.07, 6.45) is 0.374. The first-order valence-corrected chi connectivity index (χ1v) is 4.60. The van der Waals surface area contributed by atoms with Crippen LogP contribution in [0.3, 0.4) is 0 Å². The fraction of sp³-hybridized carbons (Fsp3) is 0.500. The molecular formula is C8H11BrN2O2. The molecule has 72 valence electrons. The summed E-state index contributed by atoms with van der Waals surface area (Å²) < 4.78 is 1.63. The van der Waals surface area contributed by atoms with Crippen molar-refractivity contribution in [2.75, 3.05) is 0 Å². The van der Waals surface area contributed by atoms with Crippen LogP contribution in [0.15, 0.2) is 10.7 Å². The van der Waals surface area contributed by atoms with Crippen LogP contribution in [0, 0.1) is 0 Å². The smallest absolute Gasteiger partial charge is 0.432 e. The summed E-state index contributed by atoms with van der Waals surface area (Å²) in [5.74, 6) is 0. The summed E-state index contributed by atoms with van der Waals surface area (Å²) in [4.78, 5) is 10.6. The minimum atomic E-state index is -1.07. The maximum Gasteiger partial charge on any atom is 0.432 e. The fourth-order valence-corrected chi connectivity index (χ4v) is 1.83. The Balaban J connectivity index is 3.18. The van der Waals surface area contributed by atoms with E-state index in [1.165, 1.54) is 6.20 Å². The lowest BCUT2D eigenvalue weighted by Crippen LogP contribution is -2.15. The van der Waals surface area contributed by atoms with Crippen LogP contribution in [0.25, 0.3) is 0 Å². The van der Waals surface area contributed by atoms with Crippen molar-refractivity contribution in [2.45, 2.75) is 26.2 Å². The number of aromatic nitrogens is 2. The third kappa shape index (κ3) is 2.09. The highest BCUT2D eigenvalue weighted by molar-refractivity contribution is 9.10. The molecule has 0 aliphatic rings. The van der Waals surface area contributed by atoms with E-state index >= 15 is 0 Å². The van der Waals surface area contributed by atoms with Gasteiger partial charge in [-0.1, -0.05) is 20.8 Å². The van der Waals surface area contributed by atoms with Gasteiger partial charge in [0, 0.05) is 5.41 Å². The number of halogens is 1. The van der Waals surface area contributed by atoms with Gasteiger partial charge in [0.1, 0.15) is 0 Å². The highest BCUT2D eigenvalue weighted by Gasteiger charge is 2.22. The van der Waals surface area contributed by atoms with E-state index in [0.717, 1.165) is 14.8 Å². The molecule has 0 saturated heterocycles. The van der Waals surface area contributed by atoms with E-state index in [4.69, 9.17) is 5.11 Å².